The Morgan fingerprint density at radius 1 is 1.17 bits per heavy atom. The topological polar surface area (TPSA) is 78.7 Å². The molecule has 3 rings (SSSR count). The maximum absolute atomic E-state index is 12.7. The highest BCUT2D eigenvalue weighted by atomic mass is 127. The summed E-state index contributed by atoms with van der Waals surface area (Å²) in [7, 11) is 1.78. The quantitative estimate of drug-likeness (QED) is 0.247. The van der Waals surface area contributed by atoms with Crippen molar-refractivity contribution in [3.05, 3.63) is 34.7 Å². The molecule has 0 spiro atoms. The van der Waals surface area contributed by atoms with Crippen LogP contribution in [0, 0.1) is 5.92 Å². The van der Waals surface area contributed by atoms with E-state index in [9.17, 15) is 9.59 Å². The largest absolute Gasteiger partial charge is 0.356 e. The monoisotopic (exact) mass is 529 g/mol. The first-order chi connectivity index (χ1) is 14.2. The number of guanidine groups is 1. The molecule has 0 bridgehead atoms. The van der Waals surface area contributed by atoms with Crippen molar-refractivity contribution in [2.24, 2.45) is 10.9 Å². The maximum atomic E-state index is 12.7. The molecule has 30 heavy (non-hydrogen) atoms. The van der Waals surface area contributed by atoms with Crippen LogP contribution < -0.4 is 16.2 Å². The molecule has 2 heterocycles. The number of amides is 1. The number of rotatable bonds is 7. The molecule has 1 saturated heterocycles. The summed E-state index contributed by atoms with van der Waals surface area (Å²) in [4.78, 5) is 30.8. The second-order valence-corrected chi connectivity index (χ2v) is 8.19. The standard InChI is InChI=1S/C22H35N5O2.HI/c1-23-22(24-13-6-8-15-26-14-7-5-11-20(26)28)25-19-12-16-27(17-19)21(29)18-9-3-2-4-10-18;/h5,7,11,14,18-19H,2-4,6,8-10,12-13,15-17H2,1H3,(H2,23,24,25);1H. The third-order valence-electron chi connectivity index (χ3n) is 6.04. The Kier molecular flexibility index (Phi) is 10.7. The highest BCUT2D eigenvalue weighted by molar-refractivity contribution is 14.0. The van der Waals surface area contributed by atoms with Crippen molar-refractivity contribution in [1.29, 1.82) is 0 Å². The predicted octanol–water partition coefficient (Wildman–Crippen LogP) is 2.59. The first-order valence-corrected chi connectivity index (χ1v) is 11.1. The molecule has 1 aliphatic heterocycles. The van der Waals surface area contributed by atoms with Gasteiger partial charge in [0.25, 0.3) is 0 Å². The number of aryl methyl sites for hydroxylation is 1. The van der Waals surface area contributed by atoms with Gasteiger partial charge in [0.05, 0.1) is 0 Å². The first-order valence-electron chi connectivity index (χ1n) is 11.1. The van der Waals surface area contributed by atoms with E-state index >= 15 is 0 Å². The minimum absolute atomic E-state index is 0. The van der Waals surface area contributed by atoms with Gasteiger partial charge < -0.3 is 20.1 Å². The normalized spacial score (nSPS) is 20.0. The number of hydrogen-bond donors (Lipinski definition) is 2. The van der Waals surface area contributed by atoms with E-state index in [2.05, 4.69) is 15.6 Å². The van der Waals surface area contributed by atoms with Crippen molar-refractivity contribution < 1.29 is 4.79 Å². The summed E-state index contributed by atoms with van der Waals surface area (Å²) in [6.07, 6.45) is 10.5. The zero-order valence-corrected chi connectivity index (χ0v) is 20.3. The Morgan fingerprint density at radius 2 is 1.97 bits per heavy atom. The van der Waals surface area contributed by atoms with Crippen LogP contribution in [0.1, 0.15) is 51.4 Å². The SMILES string of the molecule is CN=C(NCCCCn1ccccc1=O)NC1CCN(C(=O)C2CCCCC2)C1.I. The van der Waals surface area contributed by atoms with Gasteiger partial charge in [0.15, 0.2) is 5.96 Å². The van der Waals surface area contributed by atoms with Crippen LogP contribution in [0.4, 0.5) is 0 Å². The van der Waals surface area contributed by atoms with Crippen molar-refractivity contribution in [3.8, 4) is 0 Å². The fourth-order valence-corrected chi connectivity index (χ4v) is 4.33. The Bertz CT molecular complexity index is 745. The first kappa shape index (κ1) is 24.7. The molecule has 1 amide bonds. The average molecular weight is 529 g/mol. The number of aliphatic imine (C=N–C) groups is 1. The van der Waals surface area contributed by atoms with Crippen LogP contribution in [0.25, 0.3) is 0 Å². The zero-order chi connectivity index (χ0) is 20.5. The molecular formula is C22H36IN5O2. The minimum atomic E-state index is 0. The van der Waals surface area contributed by atoms with Crippen LogP contribution in [0.5, 0.6) is 0 Å². The van der Waals surface area contributed by atoms with Crippen LogP contribution in [0.3, 0.4) is 0 Å². The van der Waals surface area contributed by atoms with Crippen LogP contribution in [-0.4, -0.2) is 54.1 Å². The number of nitrogens with zero attached hydrogens (tertiary/aromatic N) is 3. The lowest BCUT2D eigenvalue weighted by atomic mass is 9.88. The molecule has 1 aliphatic carbocycles. The van der Waals surface area contributed by atoms with Crippen LogP contribution >= 0.6 is 24.0 Å². The van der Waals surface area contributed by atoms with E-state index in [-0.39, 0.29) is 41.5 Å². The number of pyridine rings is 1. The molecule has 1 aromatic rings. The minimum Gasteiger partial charge on any atom is -0.356 e. The number of likely N-dealkylation sites (tertiary alicyclic amines) is 1. The highest BCUT2D eigenvalue weighted by Gasteiger charge is 2.31. The lowest BCUT2D eigenvalue weighted by Crippen LogP contribution is -2.45. The number of halogens is 1. The van der Waals surface area contributed by atoms with Gasteiger partial charge in [-0.05, 0) is 38.2 Å². The van der Waals surface area contributed by atoms with E-state index in [1.54, 1.807) is 23.7 Å². The van der Waals surface area contributed by atoms with Gasteiger partial charge >= 0.3 is 0 Å². The second-order valence-electron chi connectivity index (χ2n) is 8.19. The van der Waals surface area contributed by atoms with Crippen LogP contribution in [0.15, 0.2) is 34.2 Å². The Labute approximate surface area is 196 Å². The van der Waals surface area contributed by atoms with Gasteiger partial charge in [0, 0.05) is 57.4 Å². The molecule has 1 aromatic heterocycles. The number of unbranched alkanes of at least 4 members (excludes halogenated alkanes) is 1. The summed E-state index contributed by atoms with van der Waals surface area (Å²) in [5.41, 5.74) is 0.0477. The lowest BCUT2D eigenvalue weighted by molar-refractivity contribution is -0.135. The van der Waals surface area contributed by atoms with Gasteiger partial charge in [0.2, 0.25) is 11.5 Å². The fourth-order valence-electron chi connectivity index (χ4n) is 4.33. The van der Waals surface area contributed by atoms with Gasteiger partial charge in [-0.3, -0.25) is 14.6 Å². The fraction of sp³-hybridized carbons (Fsp3) is 0.682. The van der Waals surface area contributed by atoms with E-state index < -0.39 is 0 Å². The molecule has 2 aliphatic rings. The Hall–Kier alpha value is -1.58. The molecule has 1 atom stereocenters. The lowest BCUT2D eigenvalue weighted by Gasteiger charge is -2.26. The van der Waals surface area contributed by atoms with Crippen molar-refractivity contribution in [3.63, 3.8) is 0 Å². The molecule has 168 valence electrons. The number of nitrogens with one attached hydrogen (secondary N) is 2. The second kappa shape index (κ2) is 13.0. The van der Waals surface area contributed by atoms with Gasteiger partial charge in [-0.15, -0.1) is 24.0 Å². The maximum Gasteiger partial charge on any atom is 0.250 e. The van der Waals surface area contributed by atoms with Gasteiger partial charge in [-0.2, -0.15) is 0 Å². The summed E-state index contributed by atoms with van der Waals surface area (Å²) >= 11 is 0. The molecule has 2 N–H and O–H groups in total. The summed E-state index contributed by atoms with van der Waals surface area (Å²) in [6, 6.07) is 5.50. The number of carbonyl (C=O) groups excluding carboxylic acids is 1. The molecular weight excluding hydrogens is 493 g/mol. The number of carbonyl (C=O) groups is 1. The van der Waals surface area contributed by atoms with Crippen molar-refractivity contribution >= 4 is 35.8 Å². The molecule has 1 unspecified atom stereocenters. The number of hydrogen-bond acceptors (Lipinski definition) is 3. The summed E-state index contributed by atoms with van der Waals surface area (Å²) in [5, 5.41) is 6.81. The smallest absolute Gasteiger partial charge is 0.250 e. The molecule has 8 heteroatoms. The summed E-state index contributed by atoms with van der Waals surface area (Å²) < 4.78 is 1.74. The predicted molar refractivity (Wildman–Crippen MR) is 131 cm³/mol. The summed E-state index contributed by atoms with van der Waals surface area (Å²) in [5.74, 6) is 1.39. The third-order valence-corrected chi connectivity index (χ3v) is 6.04. The highest BCUT2D eigenvalue weighted by Crippen LogP contribution is 2.26. The number of aromatic nitrogens is 1. The molecule has 0 radical (unpaired) electrons. The van der Waals surface area contributed by atoms with Gasteiger partial charge in [-0.25, -0.2) is 0 Å². The molecule has 7 nitrogen and oxygen atoms in total. The third kappa shape index (κ3) is 7.28. The Balaban J connectivity index is 0.00000320. The van der Waals surface area contributed by atoms with E-state index in [1.807, 2.05) is 17.2 Å². The van der Waals surface area contributed by atoms with Crippen LogP contribution in [-0.2, 0) is 11.3 Å². The molecule has 2 fully saturated rings. The van der Waals surface area contributed by atoms with Gasteiger partial charge in [0.1, 0.15) is 0 Å². The zero-order valence-electron chi connectivity index (χ0n) is 18.0. The van der Waals surface area contributed by atoms with E-state index in [1.165, 1.54) is 19.3 Å². The van der Waals surface area contributed by atoms with E-state index in [4.69, 9.17) is 0 Å². The van der Waals surface area contributed by atoms with E-state index in [0.29, 0.717) is 5.91 Å². The molecule has 0 aromatic carbocycles. The summed E-state index contributed by atoms with van der Waals surface area (Å²) in [6.45, 7) is 3.15. The van der Waals surface area contributed by atoms with Crippen molar-refractivity contribution in [2.45, 2.75) is 64.0 Å². The van der Waals surface area contributed by atoms with Crippen molar-refractivity contribution in [2.75, 3.05) is 26.7 Å². The Morgan fingerprint density at radius 3 is 2.70 bits per heavy atom. The van der Waals surface area contributed by atoms with Crippen LogP contribution in [0.2, 0.25) is 0 Å². The average Bonchev–Trinajstić information content (AvgIpc) is 3.22. The molecule has 1 saturated carbocycles. The van der Waals surface area contributed by atoms with Gasteiger partial charge in [-0.1, -0.05) is 25.3 Å². The van der Waals surface area contributed by atoms with Crippen molar-refractivity contribution in [1.82, 2.24) is 20.1 Å². The van der Waals surface area contributed by atoms with E-state index in [0.717, 1.165) is 64.2 Å².